The number of aromatic nitrogens is 3. The first-order valence-electron chi connectivity index (χ1n) is 12.3. The lowest BCUT2D eigenvalue weighted by molar-refractivity contribution is -0.274. The van der Waals surface area contributed by atoms with Gasteiger partial charge in [0.05, 0.1) is 5.69 Å². The molecule has 0 spiro atoms. The molecule has 3 aromatic carbocycles. The summed E-state index contributed by atoms with van der Waals surface area (Å²) in [6.07, 6.45) is -3.29. The number of carbonyl (C=O) groups is 1. The Bertz CT molecular complexity index is 1530. The number of ether oxygens (including phenoxy) is 1. The third-order valence-corrected chi connectivity index (χ3v) is 7.39. The molecule has 1 unspecified atom stereocenters. The van der Waals surface area contributed by atoms with Crippen molar-refractivity contribution < 1.29 is 22.7 Å². The van der Waals surface area contributed by atoms with Crippen LogP contribution in [0, 0.1) is 13.8 Å². The Hall–Kier alpha value is -4.32. The zero-order valence-corrected chi connectivity index (χ0v) is 22.6. The number of benzene rings is 3. The molecule has 5 rings (SSSR count). The second kappa shape index (κ2) is 11.0. The van der Waals surface area contributed by atoms with Gasteiger partial charge in [0.25, 0.3) is 0 Å². The molecule has 1 atom stereocenters. The summed E-state index contributed by atoms with van der Waals surface area (Å²) in [6, 6.07) is 18.1. The summed E-state index contributed by atoms with van der Waals surface area (Å²) in [5.41, 5.74) is 5.11. The Morgan fingerprint density at radius 3 is 2.38 bits per heavy atom. The van der Waals surface area contributed by atoms with Crippen molar-refractivity contribution in [1.82, 2.24) is 14.8 Å². The van der Waals surface area contributed by atoms with Gasteiger partial charge in [-0.15, -0.1) is 18.3 Å². The number of nitrogens with zero attached hydrogens (tertiary/aromatic N) is 5. The number of hydrogen-bond donors (Lipinski definition) is 1. The number of para-hydroxylation sites is 1. The monoisotopic (exact) mass is 566 g/mol. The topological polar surface area (TPSA) is 84.6 Å². The fourth-order valence-corrected chi connectivity index (χ4v) is 5.47. The van der Waals surface area contributed by atoms with Crippen LogP contribution in [-0.4, -0.2) is 44.1 Å². The second-order valence-corrected chi connectivity index (χ2v) is 10.2. The van der Waals surface area contributed by atoms with Crippen LogP contribution in [0.1, 0.15) is 18.1 Å². The molecule has 0 bridgehead atoms. The van der Waals surface area contributed by atoms with Gasteiger partial charge >= 0.3 is 12.4 Å². The summed E-state index contributed by atoms with van der Waals surface area (Å²) in [6.45, 7) is 6.22. The normalized spacial score (nSPS) is 16.4. The van der Waals surface area contributed by atoms with Crippen LogP contribution in [0.25, 0.3) is 17.1 Å². The molecule has 1 N–H and O–H groups in total. The van der Waals surface area contributed by atoms with Crippen LogP contribution in [0.4, 0.5) is 29.3 Å². The Balaban J connectivity index is 1.26. The molecular weight excluding hydrogens is 541 g/mol. The van der Waals surface area contributed by atoms with E-state index in [0.29, 0.717) is 27.9 Å². The lowest BCUT2D eigenvalue weighted by atomic mass is 10.1. The fourth-order valence-electron chi connectivity index (χ4n) is 4.38. The van der Waals surface area contributed by atoms with Crippen LogP contribution in [0.2, 0.25) is 0 Å². The standard InChI is InChI=1S/C28H25F3N6O2S/c1-17-5-4-6-18(2)24(17)37-19(3)15-40-27(37)34-26(38)33-21-9-7-20(8-10-21)25-32-16-36(35-25)22-11-13-23(14-12-22)39-28(29,30)31/h4-14,16,19H,15H2,1-3H3,(H,33,38)/b34-27-. The van der Waals surface area contributed by atoms with E-state index >= 15 is 0 Å². The van der Waals surface area contributed by atoms with E-state index in [4.69, 9.17) is 0 Å². The number of rotatable bonds is 5. The quantitative estimate of drug-likeness (QED) is 0.281. The van der Waals surface area contributed by atoms with Crippen LogP contribution in [0.5, 0.6) is 5.75 Å². The summed E-state index contributed by atoms with van der Waals surface area (Å²) >= 11 is 1.55. The number of amidine groups is 1. The highest BCUT2D eigenvalue weighted by Gasteiger charge is 2.31. The zero-order chi connectivity index (χ0) is 28.4. The van der Waals surface area contributed by atoms with E-state index < -0.39 is 12.4 Å². The number of thioether (sulfide) groups is 1. The molecule has 1 saturated heterocycles. The van der Waals surface area contributed by atoms with Crippen molar-refractivity contribution in [3.63, 3.8) is 0 Å². The minimum absolute atomic E-state index is 0.203. The molecule has 0 aliphatic carbocycles. The number of urea groups is 1. The minimum Gasteiger partial charge on any atom is -0.406 e. The predicted octanol–water partition coefficient (Wildman–Crippen LogP) is 6.98. The fraction of sp³-hybridized carbons (Fsp3) is 0.214. The highest BCUT2D eigenvalue weighted by atomic mass is 32.2. The molecule has 0 radical (unpaired) electrons. The molecule has 12 heteroatoms. The van der Waals surface area contributed by atoms with E-state index in [2.05, 4.69) is 62.9 Å². The van der Waals surface area contributed by atoms with Crippen molar-refractivity contribution in [3.8, 4) is 22.8 Å². The van der Waals surface area contributed by atoms with E-state index in [0.717, 1.165) is 22.6 Å². The molecule has 8 nitrogen and oxygen atoms in total. The molecule has 0 saturated carbocycles. The van der Waals surface area contributed by atoms with E-state index in [1.807, 2.05) is 6.07 Å². The molecule has 1 fully saturated rings. The number of aliphatic imine (C=N–C) groups is 1. The highest BCUT2D eigenvalue weighted by molar-refractivity contribution is 8.14. The number of nitrogens with one attached hydrogen (secondary N) is 1. The number of carbonyl (C=O) groups excluding carboxylic acids is 1. The lowest BCUT2D eigenvalue weighted by Gasteiger charge is -2.26. The molecule has 4 aromatic rings. The van der Waals surface area contributed by atoms with Crippen molar-refractivity contribution in [1.29, 1.82) is 0 Å². The predicted molar refractivity (Wildman–Crippen MR) is 150 cm³/mol. The Morgan fingerprint density at radius 1 is 1.05 bits per heavy atom. The van der Waals surface area contributed by atoms with E-state index in [9.17, 15) is 18.0 Å². The molecular formula is C28H25F3N6O2S. The molecule has 1 aliphatic heterocycles. The van der Waals surface area contributed by atoms with Gasteiger partial charge in [-0.1, -0.05) is 30.0 Å². The number of amides is 2. The number of halogens is 3. The number of hydrogen-bond acceptors (Lipinski definition) is 5. The van der Waals surface area contributed by atoms with Gasteiger partial charge in [-0.05, 0) is 80.4 Å². The van der Waals surface area contributed by atoms with Gasteiger partial charge in [0.2, 0.25) is 0 Å². The van der Waals surface area contributed by atoms with Gasteiger partial charge < -0.3 is 15.0 Å². The molecule has 2 amide bonds. The zero-order valence-electron chi connectivity index (χ0n) is 21.8. The van der Waals surface area contributed by atoms with Crippen molar-refractivity contribution in [3.05, 3.63) is 84.2 Å². The van der Waals surface area contributed by atoms with Crippen LogP contribution < -0.4 is 15.0 Å². The number of anilines is 2. The maximum Gasteiger partial charge on any atom is 0.573 e. The highest BCUT2D eigenvalue weighted by Crippen LogP contribution is 2.35. The van der Waals surface area contributed by atoms with Crippen LogP contribution >= 0.6 is 11.8 Å². The van der Waals surface area contributed by atoms with Crippen molar-refractivity contribution >= 4 is 34.3 Å². The van der Waals surface area contributed by atoms with E-state index in [1.165, 1.54) is 35.3 Å². The van der Waals surface area contributed by atoms with E-state index in [-0.39, 0.29) is 11.8 Å². The van der Waals surface area contributed by atoms with Gasteiger partial charge in [-0.3, -0.25) is 0 Å². The largest absolute Gasteiger partial charge is 0.573 e. The van der Waals surface area contributed by atoms with Crippen molar-refractivity contribution in [2.24, 2.45) is 4.99 Å². The molecule has 1 aliphatic rings. The molecule has 40 heavy (non-hydrogen) atoms. The molecule has 2 heterocycles. The maximum absolute atomic E-state index is 12.8. The Morgan fingerprint density at radius 2 is 1.73 bits per heavy atom. The number of alkyl halides is 3. The first-order valence-corrected chi connectivity index (χ1v) is 13.3. The van der Waals surface area contributed by atoms with Gasteiger partial charge in [-0.25, -0.2) is 14.5 Å². The van der Waals surface area contributed by atoms with Gasteiger partial charge in [0, 0.05) is 28.7 Å². The summed E-state index contributed by atoms with van der Waals surface area (Å²) < 4.78 is 42.5. The Kier molecular flexibility index (Phi) is 7.53. The lowest BCUT2D eigenvalue weighted by Crippen LogP contribution is -2.33. The second-order valence-electron chi connectivity index (χ2n) is 9.23. The number of aryl methyl sites for hydroxylation is 2. The molecule has 1 aromatic heterocycles. The first-order chi connectivity index (χ1) is 19.1. The van der Waals surface area contributed by atoms with Crippen molar-refractivity contribution in [2.45, 2.75) is 33.2 Å². The third kappa shape index (κ3) is 6.12. The summed E-state index contributed by atoms with van der Waals surface area (Å²) in [5, 5.41) is 7.87. The maximum atomic E-state index is 12.8. The summed E-state index contributed by atoms with van der Waals surface area (Å²) in [4.78, 5) is 23.6. The van der Waals surface area contributed by atoms with Crippen LogP contribution in [0.3, 0.4) is 0 Å². The molecule has 206 valence electrons. The Labute approximate surface area is 232 Å². The third-order valence-electron chi connectivity index (χ3n) is 6.20. The van der Waals surface area contributed by atoms with Gasteiger partial charge in [-0.2, -0.15) is 4.99 Å². The average Bonchev–Trinajstić information content (AvgIpc) is 3.52. The van der Waals surface area contributed by atoms with E-state index in [1.54, 1.807) is 36.0 Å². The van der Waals surface area contributed by atoms with Crippen LogP contribution in [-0.2, 0) is 0 Å². The minimum atomic E-state index is -4.75. The van der Waals surface area contributed by atoms with Gasteiger partial charge in [0.1, 0.15) is 12.1 Å². The SMILES string of the molecule is Cc1cccc(C)c1N1/C(=N/C(=O)Nc2ccc(-c3ncn(-c4ccc(OC(F)(F)F)cc4)n3)cc2)SCC1C. The van der Waals surface area contributed by atoms with Crippen LogP contribution in [0.15, 0.2) is 78.0 Å². The van der Waals surface area contributed by atoms with Crippen molar-refractivity contribution in [2.75, 3.05) is 16.0 Å². The summed E-state index contributed by atoms with van der Waals surface area (Å²) in [5.74, 6) is 0.924. The average molecular weight is 567 g/mol. The van der Waals surface area contributed by atoms with Gasteiger partial charge in [0.15, 0.2) is 11.0 Å². The first kappa shape index (κ1) is 27.3. The summed E-state index contributed by atoms with van der Waals surface area (Å²) in [7, 11) is 0. The smallest absolute Gasteiger partial charge is 0.406 e.